The van der Waals surface area contributed by atoms with Gasteiger partial charge in [-0.05, 0) is 36.1 Å². The lowest BCUT2D eigenvalue weighted by Crippen LogP contribution is -2.18. The number of rotatable bonds is 8. The molecule has 2 aromatic carbocycles. The van der Waals surface area contributed by atoms with Crippen LogP contribution in [0.25, 0.3) is 0 Å². The number of nitrogens with zero attached hydrogens (tertiary/aromatic N) is 3. The van der Waals surface area contributed by atoms with Crippen LogP contribution >= 0.6 is 11.8 Å². The highest BCUT2D eigenvalue weighted by Crippen LogP contribution is 2.27. The van der Waals surface area contributed by atoms with Gasteiger partial charge in [-0.25, -0.2) is 9.78 Å². The number of amides is 1. The largest absolute Gasteiger partial charge is 0.461 e. The van der Waals surface area contributed by atoms with E-state index in [1.807, 2.05) is 36.6 Å². The minimum absolute atomic E-state index is 0.00138. The standard InChI is InChI=1S/C21H20N4O4S/c1-3-29-20(27)17-18(22-19(26)15-11-7-8-12-16(15)24-28)23-21(30-2)25(17)13-14-9-5-4-6-10-14/h4-12H,3,13H2,1-2H3,(H,22,26). The first-order valence-corrected chi connectivity index (χ1v) is 10.4. The molecule has 0 aliphatic carbocycles. The second-order valence-electron chi connectivity index (χ2n) is 6.15. The summed E-state index contributed by atoms with van der Waals surface area (Å²) in [4.78, 5) is 41.0. The molecule has 0 saturated carbocycles. The number of imidazole rings is 1. The number of nitrogens with one attached hydrogen (secondary N) is 1. The van der Waals surface area contributed by atoms with Gasteiger partial charge >= 0.3 is 5.97 Å². The number of anilines is 1. The maximum absolute atomic E-state index is 12.8. The quantitative estimate of drug-likeness (QED) is 0.325. The van der Waals surface area contributed by atoms with Crippen molar-refractivity contribution in [3.8, 4) is 0 Å². The number of aromatic nitrogens is 2. The highest BCUT2D eigenvalue weighted by atomic mass is 32.2. The Hall–Kier alpha value is -3.46. The fourth-order valence-corrected chi connectivity index (χ4v) is 3.47. The molecule has 3 aromatic rings. The zero-order valence-electron chi connectivity index (χ0n) is 16.5. The van der Waals surface area contributed by atoms with Crippen molar-refractivity contribution in [3.05, 3.63) is 76.3 Å². The fourth-order valence-electron chi connectivity index (χ4n) is 2.91. The summed E-state index contributed by atoms with van der Waals surface area (Å²) in [6.45, 7) is 2.26. The lowest BCUT2D eigenvalue weighted by Gasteiger charge is -2.11. The van der Waals surface area contributed by atoms with Crippen LogP contribution in [-0.4, -0.2) is 34.3 Å². The highest BCUT2D eigenvalue weighted by molar-refractivity contribution is 7.98. The van der Waals surface area contributed by atoms with Gasteiger partial charge in [0, 0.05) is 0 Å². The van der Waals surface area contributed by atoms with Crippen molar-refractivity contribution in [2.24, 2.45) is 5.18 Å². The summed E-state index contributed by atoms with van der Waals surface area (Å²) in [6, 6.07) is 15.7. The Labute approximate surface area is 177 Å². The van der Waals surface area contributed by atoms with E-state index >= 15 is 0 Å². The van der Waals surface area contributed by atoms with Crippen LogP contribution in [0.1, 0.15) is 33.3 Å². The van der Waals surface area contributed by atoms with Gasteiger partial charge in [-0.3, -0.25) is 4.79 Å². The van der Waals surface area contributed by atoms with Gasteiger partial charge in [-0.2, -0.15) is 0 Å². The molecule has 3 rings (SSSR count). The summed E-state index contributed by atoms with van der Waals surface area (Å²) in [5.74, 6) is -1.12. The van der Waals surface area contributed by atoms with E-state index in [2.05, 4.69) is 15.5 Å². The Morgan fingerprint density at radius 3 is 2.50 bits per heavy atom. The summed E-state index contributed by atoms with van der Waals surface area (Å²) in [5.41, 5.74) is 1.19. The molecule has 1 aromatic heterocycles. The van der Waals surface area contributed by atoms with Crippen molar-refractivity contribution in [1.29, 1.82) is 0 Å². The van der Waals surface area contributed by atoms with Crippen molar-refractivity contribution in [1.82, 2.24) is 9.55 Å². The second kappa shape index (κ2) is 9.84. The smallest absolute Gasteiger partial charge is 0.358 e. The summed E-state index contributed by atoms with van der Waals surface area (Å²) >= 11 is 1.34. The second-order valence-corrected chi connectivity index (χ2v) is 6.92. The molecule has 9 heteroatoms. The average Bonchev–Trinajstić information content (AvgIpc) is 3.11. The first-order chi connectivity index (χ1) is 14.6. The Morgan fingerprint density at radius 2 is 1.83 bits per heavy atom. The van der Waals surface area contributed by atoms with Crippen molar-refractivity contribution in [2.75, 3.05) is 18.2 Å². The maximum atomic E-state index is 12.8. The third-order valence-electron chi connectivity index (χ3n) is 4.25. The monoisotopic (exact) mass is 424 g/mol. The Morgan fingerprint density at radius 1 is 1.13 bits per heavy atom. The van der Waals surface area contributed by atoms with Gasteiger partial charge in [0.2, 0.25) is 0 Å². The lowest BCUT2D eigenvalue weighted by molar-refractivity contribution is 0.0514. The van der Waals surface area contributed by atoms with Crippen LogP contribution in [0.5, 0.6) is 0 Å². The molecule has 0 aliphatic rings. The number of hydrogen-bond acceptors (Lipinski definition) is 7. The van der Waals surface area contributed by atoms with Crippen LogP contribution in [0.3, 0.4) is 0 Å². The minimum atomic E-state index is -0.599. The van der Waals surface area contributed by atoms with Gasteiger partial charge in [-0.15, -0.1) is 4.91 Å². The lowest BCUT2D eigenvalue weighted by atomic mass is 10.1. The molecule has 8 nitrogen and oxygen atoms in total. The average molecular weight is 424 g/mol. The topological polar surface area (TPSA) is 103 Å². The molecular weight excluding hydrogens is 404 g/mol. The van der Waals surface area contributed by atoms with E-state index in [-0.39, 0.29) is 29.4 Å². The Kier molecular flexibility index (Phi) is 6.97. The van der Waals surface area contributed by atoms with Crippen LogP contribution < -0.4 is 5.32 Å². The first-order valence-electron chi connectivity index (χ1n) is 9.18. The molecule has 30 heavy (non-hydrogen) atoms. The molecule has 154 valence electrons. The number of esters is 1. The summed E-state index contributed by atoms with van der Waals surface area (Å²) < 4.78 is 6.91. The third-order valence-corrected chi connectivity index (χ3v) is 4.92. The number of hydrogen-bond donors (Lipinski definition) is 1. The SMILES string of the molecule is CCOC(=O)c1c(NC(=O)c2ccccc2N=O)nc(SC)n1Cc1ccccc1. The summed E-state index contributed by atoms with van der Waals surface area (Å²) in [6.07, 6.45) is 1.83. The normalized spacial score (nSPS) is 10.5. The fraction of sp³-hybridized carbons (Fsp3) is 0.190. The molecule has 0 bridgehead atoms. The van der Waals surface area contributed by atoms with Crippen LogP contribution in [-0.2, 0) is 11.3 Å². The molecule has 1 heterocycles. The van der Waals surface area contributed by atoms with Crippen LogP contribution in [0, 0.1) is 4.91 Å². The number of nitroso groups, excluding NO2 is 1. The summed E-state index contributed by atoms with van der Waals surface area (Å²) in [7, 11) is 0. The molecule has 0 radical (unpaired) electrons. The van der Waals surface area contributed by atoms with Gasteiger partial charge in [0.15, 0.2) is 16.7 Å². The van der Waals surface area contributed by atoms with E-state index in [4.69, 9.17) is 4.74 Å². The minimum Gasteiger partial charge on any atom is -0.461 e. The molecule has 0 unspecified atom stereocenters. The van der Waals surface area contributed by atoms with Crippen molar-refractivity contribution in [3.63, 3.8) is 0 Å². The van der Waals surface area contributed by atoms with E-state index in [0.717, 1.165) is 5.56 Å². The molecule has 1 N–H and O–H groups in total. The zero-order chi connectivity index (χ0) is 21.5. The third kappa shape index (κ3) is 4.57. The van der Waals surface area contributed by atoms with E-state index in [9.17, 15) is 14.5 Å². The van der Waals surface area contributed by atoms with Gasteiger partial charge in [0.25, 0.3) is 5.91 Å². The highest BCUT2D eigenvalue weighted by Gasteiger charge is 2.26. The van der Waals surface area contributed by atoms with E-state index in [0.29, 0.717) is 11.7 Å². The molecule has 0 saturated heterocycles. The number of benzene rings is 2. The predicted octanol–water partition coefficient (Wildman–Crippen LogP) is 4.48. The van der Waals surface area contributed by atoms with Gasteiger partial charge in [0.1, 0.15) is 5.69 Å². The van der Waals surface area contributed by atoms with Crippen LogP contribution in [0.15, 0.2) is 64.9 Å². The van der Waals surface area contributed by atoms with Gasteiger partial charge < -0.3 is 14.6 Å². The van der Waals surface area contributed by atoms with Crippen molar-refractivity contribution < 1.29 is 14.3 Å². The van der Waals surface area contributed by atoms with Crippen molar-refractivity contribution in [2.45, 2.75) is 18.6 Å². The first kappa shape index (κ1) is 21.3. The molecule has 0 atom stereocenters. The number of carbonyl (C=O) groups is 2. The van der Waals surface area contributed by atoms with E-state index in [1.165, 1.54) is 23.9 Å². The maximum Gasteiger partial charge on any atom is 0.358 e. The van der Waals surface area contributed by atoms with E-state index in [1.54, 1.807) is 23.6 Å². The van der Waals surface area contributed by atoms with Crippen LogP contribution in [0.2, 0.25) is 0 Å². The number of carbonyl (C=O) groups excluding carboxylic acids is 2. The van der Waals surface area contributed by atoms with E-state index < -0.39 is 11.9 Å². The van der Waals surface area contributed by atoms with Crippen LogP contribution in [0.4, 0.5) is 11.5 Å². The molecule has 0 aliphatic heterocycles. The number of thioether (sulfide) groups is 1. The molecule has 0 spiro atoms. The molecule has 0 fully saturated rings. The van der Waals surface area contributed by atoms with Crippen molar-refractivity contribution >= 4 is 35.1 Å². The van der Waals surface area contributed by atoms with Gasteiger partial charge in [-0.1, -0.05) is 54.2 Å². The van der Waals surface area contributed by atoms with Gasteiger partial charge in [0.05, 0.1) is 18.7 Å². The number of ether oxygens (including phenoxy) is 1. The Balaban J connectivity index is 2.03. The Bertz CT molecular complexity index is 1070. The zero-order valence-corrected chi connectivity index (χ0v) is 17.3. The molecular formula is C21H20N4O4S. The predicted molar refractivity (Wildman–Crippen MR) is 115 cm³/mol. The summed E-state index contributed by atoms with van der Waals surface area (Å²) in [5, 5.41) is 6.06. The molecule has 1 amide bonds.